The first-order valence-electron chi connectivity index (χ1n) is 9.88. The summed E-state index contributed by atoms with van der Waals surface area (Å²) in [6.45, 7) is 1.24. The monoisotopic (exact) mass is 496 g/mol. The van der Waals surface area contributed by atoms with Crippen molar-refractivity contribution in [3.05, 3.63) is 77.4 Å². The number of sulfonamides is 1. The van der Waals surface area contributed by atoms with E-state index in [9.17, 15) is 30.8 Å². The molecule has 1 atom stereocenters. The summed E-state index contributed by atoms with van der Waals surface area (Å²) in [4.78, 5) is 20.5. The van der Waals surface area contributed by atoms with Crippen LogP contribution >= 0.6 is 0 Å². The third-order valence-electron chi connectivity index (χ3n) is 4.85. The van der Waals surface area contributed by atoms with Crippen molar-refractivity contribution in [2.24, 2.45) is 0 Å². The molecular weight excluding hydrogens is 476 g/mol. The molecule has 0 aliphatic rings. The van der Waals surface area contributed by atoms with Gasteiger partial charge >= 0.3 is 6.18 Å². The number of aromatic nitrogens is 2. The Morgan fingerprint density at radius 1 is 1.12 bits per heavy atom. The number of nitrogens with one attached hydrogen (secondary N) is 2. The van der Waals surface area contributed by atoms with Crippen molar-refractivity contribution in [1.82, 2.24) is 14.7 Å². The summed E-state index contributed by atoms with van der Waals surface area (Å²) >= 11 is 0. The number of carbonyl (C=O) groups excluding carboxylic acids is 1. The van der Waals surface area contributed by atoms with Gasteiger partial charge in [0.15, 0.2) is 0 Å². The molecule has 34 heavy (non-hydrogen) atoms. The Balaban J connectivity index is 1.86. The van der Waals surface area contributed by atoms with E-state index in [-0.39, 0.29) is 34.7 Å². The number of pyridine rings is 2. The van der Waals surface area contributed by atoms with Crippen LogP contribution in [0, 0.1) is 5.82 Å². The van der Waals surface area contributed by atoms with E-state index in [4.69, 9.17) is 0 Å². The van der Waals surface area contributed by atoms with Gasteiger partial charge in [0.2, 0.25) is 15.9 Å². The standard InChI is InChI=1S/C22H20F4N4O3S/c1-13(14-6-7-15(16(23)11-14)12-28-34(2,32)33)21(31)29-18-8-9-19(22(24,25)26)30-20(18)17-5-3-4-10-27-17/h3-11,13,28H,12H2,1-2H3,(H,29,31). The summed E-state index contributed by atoms with van der Waals surface area (Å²) in [5.41, 5.74) is -0.782. The fraction of sp³-hybridized carbons (Fsp3) is 0.227. The smallest absolute Gasteiger partial charge is 0.324 e. The van der Waals surface area contributed by atoms with Crippen LogP contribution in [-0.2, 0) is 27.5 Å². The van der Waals surface area contributed by atoms with E-state index in [1.807, 2.05) is 0 Å². The molecule has 0 fully saturated rings. The number of rotatable bonds is 7. The number of halogens is 4. The number of anilines is 1. The average Bonchev–Trinajstić information content (AvgIpc) is 2.77. The van der Waals surface area contributed by atoms with Gasteiger partial charge in [-0.05, 0) is 42.8 Å². The minimum atomic E-state index is -4.69. The average molecular weight is 496 g/mol. The molecule has 2 N–H and O–H groups in total. The Labute approximate surface area is 193 Å². The third kappa shape index (κ3) is 6.35. The zero-order valence-corrected chi connectivity index (χ0v) is 18.8. The zero-order valence-electron chi connectivity index (χ0n) is 18.0. The maximum absolute atomic E-state index is 14.4. The zero-order chi connectivity index (χ0) is 25.1. The molecule has 2 heterocycles. The van der Waals surface area contributed by atoms with Crippen LogP contribution in [0.2, 0.25) is 0 Å². The Morgan fingerprint density at radius 2 is 1.85 bits per heavy atom. The van der Waals surface area contributed by atoms with Gasteiger partial charge in [0, 0.05) is 18.3 Å². The van der Waals surface area contributed by atoms with Gasteiger partial charge in [-0.3, -0.25) is 9.78 Å². The van der Waals surface area contributed by atoms with Crippen LogP contribution in [-0.4, -0.2) is 30.5 Å². The molecule has 0 aliphatic carbocycles. The lowest BCUT2D eigenvalue weighted by Crippen LogP contribution is -2.22. The van der Waals surface area contributed by atoms with Gasteiger partial charge in [-0.25, -0.2) is 22.5 Å². The van der Waals surface area contributed by atoms with E-state index >= 15 is 0 Å². The third-order valence-corrected chi connectivity index (χ3v) is 5.51. The van der Waals surface area contributed by atoms with Crippen LogP contribution in [0.5, 0.6) is 0 Å². The maximum atomic E-state index is 14.4. The molecule has 0 spiro atoms. The molecule has 1 unspecified atom stereocenters. The molecule has 3 rings (SSSR count). The first-order valence-corrected chi connectivity index (χ1v) is 11.8. The quantitative estimate of drug-likeness (QED) is 0.480. The number of hydrogen-bond donors (Lipinski definition) is 2. The predicted molar refractivity (Wildman–Crippen MR) is 118 cm³/mol. The van der Waals surface area contributed by atoms with Gasteiger partial charge in [-0.15, -0.1) is 0 Å². The van der Waals surface area contributed by atoms with Gasteiger partial charge in [0.25, 0.3) is 0 Å². The van der Waals surface area contributed by atoms with Gasteiger partial charge < -0.3 is 5.32 Å². The maximum Gasteiger partial charge on any atom is 0.433 e. The van der Waals surface area contributed by atoms with Crippen molar-refractivity contribution >= 4 is 21.6 Å². The molecule has 1 amide bonds. The summed E-state index contributed by atoms with van der Waals surface area (Å²) in [7, 11) is -3.52. The van der Waals surface area contributed by atoms with E-state index in [1.54, 1.807) is 12.1 Å². The van der Waals surface area contributed by atoms with Crippen molar-refractivity contribution in [2.75, 3.05) is 11.6 Å². The van der Waals surface area contributed by atoms with Crippen LogP contribution in [0.15, 0.2) is 54.7 Å². The topological polar surface area (TPSA) is 101 Å². The minimum Gasteiger partial charge on any atom is -0.324 e. The van der Waals surface area contributed by atoms with Gasteiger partial charge in [-0.1, -0.05) is 18.2 Å². The van der Waals surface area contributed by atoms with Gasteiger partial charge in [0.05, 0.1) is 23.6 Å². The highest BCUT2D eigenvalue weighted by Crippen LogP contribution is 2.33. The highest BCUT2D eigenvalue weighted by molar-refractivity contribution is 7.88. The molecule has 12 heteroatoms. The SMILES string of the molecule is CC(C(=O)Nc1ccc(C(F)(F)F)nc1-c1ccccn1)c1ccc(CNS(C)(=O)=O)c(F)c1. The summed E-state index contributed by atoms with van der Waals surface area (Å²) in [5, 5.41) is 2.54. The number of carbonyl (C=O) groups is 1. The molecule has 1 aromatic carbocycles. The van der Waals surface area contributed by atoms with Crippen LogP contribution in [0.25, 0.3) is 11.4 Å². The lowest BCUT2D eigenvalue weighted by Gasteiger charge is -2.17. The lowest BCUT2D eigenvalue weighted by molar-refractivity contribution is -0.141. The Hall–Kier alpha value is -3.38. The first-order chi connectivity index (χ1) is 15.8. The Bertz CT molecular complexity index is 1300. The van der Waals surface area contributed by atoms with Crippen LogP contribution in [0.3, 0.4) is 0 Å². The number of nitrogens with zero attached hydrogens (tertiary/aromatic N) is 2. The fourth-order valence-electron chi connectivity index (χ4n) is 2.99. The molecule has 3 aromatic rings. The van der Waals surface area contributed by atoms with Crippen molar-refractivity contribution in [3.8, 4) is 11.4 Å². The van der Waals surface area contributed by atoms with Crippen LogP contribution in [0.1, 0.15) is 29.7 Å². The number of benzene rings is 1. The molecule has 180 valence electrons. The molecule has 0 radical (unpaired) electrons. The summed E-state index contributed by atoms with van der Waals surface area (Å²) in [6.07, 6.45) is -2.36. The predicted octanol–water partition coefficient (Wildman–Crippen LogP) is 4.09. The largest absolute Gasteiger partial charge is 0.433 e. The molecule has 0 saturated heterocycles. The number of amides is 1. The molecule has 7 nitrogen and oxygen atoms in total. The van der Waals surface area contributed by atoms with Crippen LogP contribution in [0.4, 0.5) is 23.2 Å². The number of alkyl halides is 3. The van der Waals surface area contributed by atoms with Crippen molar-refractivity contribution in [1.29, 1.82) is 0 Å². The second-order valence-electron chi connectivity index (χ2n) is 7.46. The van der Waals surface area contributed by atoms with Gasteiger partial charge in [-0.2, -0.15) is 13.2 Å². The first kappa shape index (κ1) is 25.2. The van der Waals surface area contributed by atoms with E-state index in [2.05, 4.69) is 20.0 Å². The highest BCUT2D eigenvalue weighted by atomic mass is 32.2. The van der Waals surface area contributed by atoms with E-state index in [0.717, 1.165) is 24.5 Å². The van der Waals surface area contributed by atoms with Crippen LogP contribution < -0.4 is 10.0 Å². The molecule has 0 bridgehead atoms. The molecule has 0 aliphatic heterocycles. The van der Waals surface area contributed by atoms with E-state index in [1.165, 1.54) is 31.3 Å². The van der Waals surface area contributed by atoms with Crippen molar-refractivity contribution in [2.45, 2.75) is 25.6 Å². The normalized spacial score (nSPS) is 12.9. The summed E-state index contributed by atoms with van der Waals surface area (Å²) in [5.74, 6) is -2.20. The fourth-order valence-corrected chi connectivity index (χ4v) is 3.41. The van der Waals surface area contributed by atoms with Crippen molar-refractivity contribution < 1.29 is 30.8 Å². The molecule has 0 saturated carbocycles. The minimum absolute atomic E-state index is 0.0120. The number of hydrogen-bond acceptors (Lipinski definition) is 5. The summed E-state index contributed by atoms with van der Waals surface area (Å²) < 4.78 is 78.5. The van der Waals surface area contributed by atoms with E-state index in [0.29, 0.717) is 0 Å². The van der Waals surface area contributed by atoms with Gasteiger partial charge in [0.1, 0.15) is 17.2 Å². The van der Waals surface area contributed by atoms with E-state index < -0.39 is 39.5 Å². The Kier molecular flexibility index (Phi) is 7.32. The second kappa shape index (κ2) is 9.85. The molecule has 2 aromatic heterocycles. The second-order valence-corrected chi connectivity index (χ2v) is 9.29. The highest BCUT2D eigenvalue weighted by Gasteiger charge is 2.33. The lowest BCUT2D eigenvalue weighted by atomic mass is 9.98. The molecular formula is C22H20F4N4O3S. The summed E-state index contributed by atoms with van der Waals surface area (Å²) in [6, 6.07) is 10.4. The van der Waals surface area contributed by atoms with Crippen molar-refractivity contribution in [3.63, 3.8) is 0 Å². The Morgan fingerprint density at radius 3 is 2.44 bits per heavy atom.